The molecule has 11 heteroatoms. The number of nitro benzene ring substituents is 1. The minimum atomic E-state index is -0.647. The second kappa shape index (κ2) is 11.3. The molecule has 0 spiro atoms. The predicted octanol–water partition coefficient (Wildman–Crippen LogP) is 5.74. The van der Waals surface area contributed by atoms with E-state index in [0.29, 0.717) is 33.7 Å². The van der Waals surface area contributed by atoms with Crippen LogP contribution in [0.5, 0.6) is 5.75 Å². The second-order valence-corrected chi connectivity index (χ2v) is 10.0. The van der Waals surface area contributed by atoms with Crippen molar-refractivity contribution in [2.24, 2.45) is 0 Å². The number of ether oxygens (including phenoxy) is 1. The summed E-state index contributed by atoms with van der Waals surface area (Å²) in [5.74, 6) is -0.775. The Kier molecular flexibility index (Phi) is 7.95. The maximum absolute atomic E-state index is 12.9. The molecule has 0 atom stereocenters. The first-order valence-electron chi connectivity index (χ1n) is 11.0. The molecular weight excluding hydrogens is 514 g/mol. The molecule has 1 aliphatic heterocycles. The van der Waals surface area contributed by atoms with Crippen molar-refractivity contribution in [2.45, 2.75) is 16.7 Å². The Labute approximate surface area is 221 Å². The Morgan fingerprint density at radius 1 is 1.14 bits per heavy atom. The van der Waals surface area contributed by atoms with E-state index in [1.807, 2.05) is 31.2 Å². The van der Waals surface area contributed by atoms with Crippen LogP contribution in [-0.4, -0.2) is 40.5 Å². The SMILES string of the molecule is COc1ccccc1NC(=O)CN1C(=O)S/C(=C\c2ccc(Sc3ccc(C)cc3)c([N+](=O)[O-])c2)C1=O. The molecule has 37 heavy (non-hydrogen) atoms. The molecule has 1 saturated heterocycles. The topological polar surface area (TPSA) is 119 Å². The number of aryl methyl sites for hydroxylation is 1. The van der Waals surface area contributed by atoms with Gasteiger partial charge in [-0.15, -0.1) is 0 Å². The van der Waals surface area contributed by atoms with Crippen LogP contribution in [0.15, 0.2) is 81.4 Å². The van der Waals surface area contributed by atoms with E-state index in [2.05, 4.69) is 5.32 Å². The number of nitrogens with one attached hydrogen (secondary N) is 1. The molecule has 4 rings (SSSR count). The Balaban J connectivity index is 1.50. The van der Waals surface area contributed by atoms with Crippen LogP contribution < -0.4 is 10.1 Å². The van der Waals surface area contributed by atoms with Gasteiger partial charge in [-0.1, -0.05) is 47.7 Å². The molecule has 1 aliphatic rings. The van der Waals surface area contributed by atoms with Crippen LogP contribution in [0.4, 0.5) is 16.2 Å². The van der Waals surface area contributed by atoms with E-state index in [9.17, 15) is 24.5 Å². The number of nitrogens with zero attached hydrogens (tertiary/aromatic N) is 2. The van der Waals surface area contributed by atoms with Crippen molar-refractivity contribution < 1.29 is 24.0 Å². The molecule has 1 fully saturated rings. The molecule has 3 aromatic rings. The third kappa shape index (κ3) is 6.19. The van der Waals surface area contributed by atoms with Gasteiger partial charge >= 0.3 is 0 Å². The number of rotatable bonds is 8. The number of hydrogen-bond donors (Lipinski definition) is 1. The van der Waals surface area contributed by atoms with Gasteiger partial charge in [0, 0.05) is 11.0 Å². The highest BCUT2D eigenvalue weighted by Crippen LogP contribution is 2.37. The number of thioether (sulfide) groups is 1. The van der Waals surface area contributed by atoms with Gasteiger partial charge in [-0.2, -0.15) is 0 Å². The van der Waals surface area contributed by atoms with E-state index in [0.717, 1.165) is 15.4 Å². The van der Waals surface area contributed by atoms with Crippen LogP contribution >= 0.6 is 23.5 Å². The quantitative estimate of drug-likeness (QED) is 0.220. The second-order valence-electron chi connectivity index (χ2n) is 7.92. The van der Waals surface area contributed by atoms with Gasteiger partial charge in [-0.25, -0.2) is 0 Å². The highest BCUT2D eigenvalue weighted by atomic mass is 32.2. The number of benzene rings is 3. The van der Waals surface area contributed by atoms with Gasteiger partial charge in [-0.3, -0.25) is 29.4 Å². The number of imide groups is 1. The van der Waals surface area contributed by atoms with E-state index in [4.69, 9.17) is 4.74 Å². The lowest BCUT2D eigenvalue weighted by molar-refractivity contribution is -0.387. The zero-order valence-electron chi connectivity index (χ0n) is 19.8. The lowest BCUT2D eigenvalue weighted by Gasteiger charge is -2.14. The van der Waals surface area contributed by atoms with Crippen LogP contribution in [0.1, 0.15) is 11.1 Å². The number of nitro groups is 1. The summed E-state index contributed by atoms with van der Waals surface area (Å²) in [5.41, 5.74) is 1.77. The van der Waals surface area contributed by atoms with E-state index in [1.54, 1.807) is 36.4 Å². The Morgan fingerprint density at radius 3 is 2.57 bits per heavy atom. The smallest absolute Gasteiger partial charge is 0.294 e. The minimum absolute atomic E-state index is 0.0725. The summed E-state index contributed by atoms with van der Waals surface area (Å²) >= 11 is 1.94. The zero-order chi connectivity index (χ0) is 26.5. The molecule has 3 amide bonds. The van der Waals surface area contributed by atoms with Crippen molar-refractivity contribution in [3.8, 4) is 5.75 Å². The lowest BCUT2D eigenvalue weighted by atomic mass is 10.2. The van der Waals surface area contributed by atoms with Crippen LogP contribution in [0.25, 0.3) is 6.08 Å². The van der Waals surface area contributed by atoms with E-state index < -0.39 is 28.5 Å². The van der Waals surface area contributed by atoms with Crippen molar-refractivity contribution in [3.63, 3.8) is 0 Å². The molecule has 0 unspecified atom stereocenters. The largest absolute Gasteiger partial charge is 0.495 e. The highest BCUT2D eigenvalue weighted by molar-refractivity contribution is 8.18. The van der Waals surface area contributed by atoms with Crippen molar-refractivity contribution in [1.82, 2.24) is 4.90 Å². The number of methoxy groups -OCH3 is 1. The van der Waals surface area contributed by atoms with Gasteiger partial charge in [0.2, 0.25) is 5.91 Å². The van der Waals surface area contributed by atoms with Gasteiger partial charge in [0.1, 0.15) is 12.3 Å². The summed E-state index contributed by atoms with van der Waals surface area (Å²) in [5, 5.41) is 13.7. The van der Waals surface area contributed by atoms with Crippen molar-refractivity contribution in [2.75, 3.05) is 19.0 Å². The minimum Gasteiger partial charge on any atom is -0.495 e. The number of para-hydroxylation sites is 2. The molecule has 0 saturated carbocycles. The highest BCUT2D eigenvalue weighted by Gasteiger charge is 2.36. The standard InChI is InChI=1S/C26H21N3O6S2/c1-16-7-10-18(11-8-16)36-22-12-9-17(13-20(22)29(33)34)14-23-25(31)28(26(32)37-23)15-24(30)27-19-5-3-4-6-21(19)35-2/h3-14H,15H2,1-2H3,(H,27,30)/b23-14-. The van der Waals surface area contributed by atoms with E-state index >= 15 is 0 Å². The number of carbonyl (C=O) groups is 3. The monoisotopic (exact) mass is 535 g/mol. The average molecular weight is 536 g/mol. The number of hydrogen-bond acceptors (Lipinski definition) is 8. The number of anilines is 1. The number of carbonyl (C=O) groups excluding carboxylic acids is 3. The van der Waals surface area contributed by atoms with Gasteiger partial charge in [-0.05, 0) is 60.7 Å². The summed E-state index contributed by atoms with van der Waals surface area (Å²) in [6.45, 7) is 1.48. The summed E-state index contributed by atoms with van der Waals surface area (Å²) in [4.78, 5) is 51.3. The van der Waals surface area contributed by atoms with E-state index in [1.165, 1.54) is 31.0 Å². The predicted molar refractivity (Wildman–Crippen MR) is 143 cm³/mol. The summed E-state index contributed by atoms with van der Waals surface area (Å²) in [7, 11) is 1.46. The average Bonchev–Trinajstić information content (AvgIpc) is 3.13. The molecule has 1 N–H and O–H groups in total. The molecule has 1 heterocycles. The summed E-state index contributed by atoms with van der Waals surface area (Å²) < 4.78 is 5.19. The fourth-order valence-electron chi connectivity index (χ4n) is 3.46. The Bertz CT molecular complexity index is 1420. The first-order valence-corrected chi connectivity index (χ1v) is 12.6. The van der Waals surface area contributed by atoms with Crippen LogP contribution in [0, 0.1) is 17.0 Å². The summed E-state index contributed by atoms with van der Waals surface area (Å²) in [6, 6.07) is 19.0. The van der Waals surface area contributed by atoms with Crippen LogP contribution in [-0.2, 0) is 9.59 Å². The zero-order valence-corrected chi connectivity index (χ0v) is 21.4. The lowest BCUT2D eigenvalue weighted by Crippen LogP contribution is -2.36. The molecule has 0 radical (unpaired) electrons. The van der Waals surface area contributed by atoms with Crippen molar-refractivity contribution >= 4 is 58.0 Å². The van der Waals surface area contributed by atoms with Crippen molar-refractivity contribution in [1.29, 1.82) is 0 Å². The molecule has 0 bridgehead atoms. The molecular formula is C26H21N3O6S2. The van der Waals surface area contributed by atoms with Gasteiger partial charge in [0.05, 0.1) is 27.5 Å². The van der Waals surface area contributed by atoms with Crippen molar-refractivity contribution in [3.05, 3.63) is 92.9 Å². The molecule has 9 nitrogen and oxygen atoms in total. The summed E-state index contributed by atoms with van der Waals surface area (Å²) in [6.07, 6.45) is 1.41. The fraction of sp³-hybridized carbons (Fsp3) is 0.115. The molecule has 3 aromatic carbocycles. The van der Waals surface area contributed by atoms with Gasteiger partial charge < -0.3 is 10.1 Å². The first-order chi connectivity index (χ1) is 17.7. The van der Waals surface area contributed by atoms with Crippen LogP contribution in [0.3, 0.4) is 0 Å². The third-order valence-corrected chi connectivity index (χ3v) is 7.26. The fourth-order valence-corrected chi connectivity index (χ4v) is 5.19. The van der Waals surface area contributed by atoms with E-state index in [-0.39, 0.29) is 10.6 Å². The van der Waals surface area contributed by atoms with Crippen LogP contribution in [0.2, 0.25) is 0 Å². The Hall–Kier alpha value is -4.09. The molecule has 0 aromatic heterocycles. The third-order valence-electron chi connectivity index (χ3n) is 5.28. The molecule has 0 aliphatic carbocycles. The molecule has 188 valence electrons. The first kappa shape index (κ1) is 26.0. The number of amides is 3. The maximum atomic E-state index is 12.9. The van der Waals surface area contributed by atoms with Gasteiger partial charge in [0.25, 0.3) is 16.8 Å². The normalized spacial score (nSPS) is 14.2. The maximum Gasteiger partial charge on any atom is 0.294 e. The van der Waals surface area contributed by atoms with Gasteiger partial charge in [0.15, 0.2) is 0 Å². The Morgan fingerprint density at radius 2 is 1.86 bits per heavy atom.